The Hall–Kier alpha value is -0.692. The standard InChI is InChI=1S/C5H4AsNO2/c8-7(9)5-1-3-6-4-2-5/h1-4H. The SMILES string of the molecule is O=[N+]([O-])C1=CC=[As]C=C1. The Labute approximate surface area is 58.4 Å². The van der Waals surface area contributed by atoms with E-state index in [0.29, 0.717) is 0 Å². The molecule has 1 aliphatic heterocycles. The molecule has 0 fully saturated rings. The first-order valence-corrected chi connectivity index (χ1v) is 4.52. The van der Waals surface area contributed by atoms with E-state index in [4.69, 9.17) is 0 Å². The van der Waals surface area contributed by atoms with Crippen LogP contribution in [0.5, 0.6) is 0 Å². The number of hydrogen-bond donors (Lipinski definition) is 0. The van der Waals surface area contributed by atoms with Gasteiger partial charge in [0.2, 0.25) is 0 Å². The fraction of sp³-hybridized carbons (Fsp3) is 0. The van der Waals surface area contributed by atoms with E-state index in [-0.39, 0.29) is 25.9 Å². The molecule has 0 unspecified atom stereocenters. The quantitative estimate of drug-likeness (QED) is 0.332. The number of nitrogens with zero attached hydrogens (tertiary/aromatic N) is 1. The van der Waals surface area contributed by atoms with Gasteiger partial charge in [-0.25, -0.2) is 0 Å². The molecule has 4 heteroatoms. The first-order chi connectivity index (χ1) is 4.30. The fourth-order valence-corrected chi connectivity index (χ4v) is 1.68. The van der Waals surface area contributed by atoms with E-state index in [9.17, 15) is 10.1 Å². The topological polar surface area (TPSA) is 43.1 Å². The Morgan fingerprint density at radius 3 is 2.78 bits per heavy atom. The molecule has 0 saturated heterocycles. The molecule has 0 atom stereocenters. The summed E-state index contributed by atoms with van der Waals surface area (Å²) in [5.41, 5.74) is 0.191. The van der Waals surface area contributed by atoms with Gasteiger partial charge in [0.05, 0.1) is 0 Å². The third-order valence-electron chi connectivity index (χ3n) is 0.874. The van der Waals surface area contributed by atoms with Crippen LogP contribution in [0.1, 0.15) is 0 Å². The molecule has 1 heterocycles. The van der Waals surface area contributed by atoms with E-state index in [2.05, 4.69) is 0 Å². The Bertz CT molecular complexity index is 217. The second kappa shape index (κ2) is 2.74. The van der Waals surface area contributed by atoms with E-state index in [1.807, 2.05) is 9.67 Å². The third kappa shape index (κ3) is 1.61. The minimum atomic E-state index is -0.382. The van der Waals surface area contributed by atoms with Gasteiger partial charge < -0.3 is 0 Å². The first-order valence-electron chi connectivity index (χ1n) is 2.35. The van der Waals surface area contributed by atoms with Gasteiger partial charge in [0.1, 0.15) is 0 Å². The van der Waals surface area contributed by atoms with Gasteiger partial charge in [0.15, 0.2) is 0 Å². The molecule has 0 spiro atoms. The van der Waals surface area contributed by atoms with E-state index < -0.39 is 0 Å². The van der Waals surface area contributed by atoms with Crippen molar-refractivity contribution in [1.82, 2.24) is 0 Å². The Kier molecular flexibility index (Phi) is 1.96. The summed E-state index contributed by atoms with van der Waals surface area (Å²) in [5.74, 6) is 0. The minimum absolute atomic E-state index is 0.0978. The van der Waals surface area contributed by atoms with Gasteiger partial charge in [-0.15, -0.1) is 0 Å². The Morgan fingerprint density at radius 1 is 1.67 bits per heavy atom. The summed E-state index contributed by atoms with van der Waals surface area (Å²) in [7, 11) is 0. The molecule has 9 heavy (non-hydrogen) atoms. The van der Waals surface area contributed by atoms with Crippen LogP contribution in [0.25, 0.3) is 0 Å². The van der Waals surface area contributed by atoms with Crippen molar-refractivity contribution in [2.24, 2.45) is 0 Å². The number of allylic oxidation sites excluding steroid dienone is 2. The van der Waals surface area contributed by atoms with Crippen LogP contribution in [-0.2, 0) is 0 Å². The Morgan fingerprint density at radius 2 is 2.44 bits per heavy atom. The molecule has 3 nitrogen and oxygen atoms in total. The van der Waals surface area contributed by atoms with Crippen molar-refractivity contribution < 1.29 is 4.92 Å². The van der Waals surface area contributed by atoms with Crippen LogP contribution in [0.15, 0.2) is 22.7 Å². The zero-order valence-corrected chi connectivity index (χ0v) is 6.40. The molecule has 0 aliphatic carbocycles. The van der Waals surface area contributed by atoms with Gasteiger partial charge in [-0.1, -0.05) is 0 Å². The van der Waals surface area contributed by atoms with E-state index in [1.165, 1.54) is 0 Å². The van der Waals surface area contributed by atoms with Gasteiger partial charge in [-0.2, -0.15) is 0 Å². The van der Waals surface area contributed by atoms with Crippen molar-refractivity contribution in [2.75, 3.05) is 0 Å². The second-order valence-electron chi connectivity index (χ2n) is 1.46. The summed E-state index contributed by atoms with van der Waals surface area (Å²) in [4.78, 5) is 13.4. The van der Waals surface area contributed by atoms with Gasteiger partial charge >= 0.3 is 57.9 Å². The van der Waals surface area contributed by atoms with Crippen LogP contribution >= 0.6 is 0 Å². The number of hydrogen-bond acceptors (Lipinski definition) is 2. The monoisotopic (exact) mass is 185 g/mol. The van der Waals surface area contributed by atoms with Crippen LogP contribution in [0.3, 0.4) is 0 Å². The van der Waals surface area contributed by atoms with E-state index >= 15 is 0 Å². The van der Waals surface area contributed by atoms with Crippen LogP contribution in [-0.4, -0.2) is 25.0 Å². The van der Waals surface area contributed by atoms with Gasteiger partial charge in [0.25, 0.3) is 0 Å². The van der Waals surface area contributed by atoms with Crippen LogP contribution in [0.2, 0.25) is 0 Å². The predicted molar refractivity (Wildman–Crippen MR) is 36.0 cm³/mol. The average molecular weight is 185 g/mol. The summed E-state index contributed by atoms with van der Waals surface area (Å²) in [6.45, 7) is 0. The van der Waals surface area contributed by atoms with Crippen molar-refractivity contribution in [3.63, 3.8) is 0 Å². The third-order valence-corrected chi connectivity index (χ3v) is 2.22. The molecule has 46 valence electrons. The van der Waals surface area contributed by atoms with E-state index in [1.54, 1.807) is 12.2 Å². The summed E-state index contributed by atoms with van der Waals surface area (Å²) in [6.07, 6.45) is 3.11. The van der Waals surface area contributed by atoms with Crippen molar-refractivity contribution in [2.45, 2.75) is 0 Å². The molecule has 0 aromatic heterocycles. The molecule has 0 N–H and O–H groups in total. The molecule has 0 bridgehead atoms. The second-order valence-corrected chi connectivity index (χ2v) is 3.34. The van der Waals surface area contributed by atoms with Gasteiger partial charge in [0, 0.05) is 0 Å². The summed E-state index contributed by atoms with van der Waals surface area (Å²) < 4.78 is 0. The fourth-order valence-electron chi connectivity index (χ4n) is 0.466. The van der Waals surface area contributed by atoms with Crippen molar-refractivity contribution in [1.29, 1.82) is 0 Å². The average Bonchev–Trinajstić information content (AvgIpc) is 1.90. The molecule has 0 aromatic rings. The zero-order valence-electron chi connectivity index (χ0n) is 4.52. The molecular formula is C5H4AsNO2. The summed E-state index contributed by atoms with van der Waals surface area (Å²) in [5, 5.41) is 10.0. The molecule has 1 rings (SSSR count). The molecule has 0 aromatic carbocycles. The molecule has 0 amide bonds. The summed E-state index contributed by atoms with van der Waals surface area (Å²) in [6, 6.07) is 0. The van der Waals surface area contributed by atoms with Gasteiger partial charge in [-0.05, 0) is 0 Å². The van der Waals surface area contributed by atoms with Crippen molar-refractivity contribution in [3.05, 3.63) is 32.8 Å². The van der Waals surface area contributed by atoms with Crippen molar-refractivity contribution >= 4 is 20.1 Å². The maximum absolute atomic E-state index is 10.0. The summed E-state index contributed by atoms with van der Waals surface area (Å²) >= 11 is 0.0978. The normalized spacial score (nSPS) is 17.1. The molecule has 1 aliphatic rings. The first kappa shape index (κ1) is 6.43. The van der Waals surface area contributed by atoms with Crippen molar-refractivity contribution in [3.8, 4) is 0 Å². The van der Waals surface area contributed by atoms with Gasteiger partial charge in [-0.3, -0.25) is 0 Å². The van der Waals surface area contributed by atoms with Crippen LogP contribution in [0, 0.1) is 10.1 Å². The predicted octanol–water partition coefficient (Wildman–Crippen LogP) is 0.181. The molecule has 0 saturated carbocycles. The molecular weight excluding hydrogens is 181 g/mol. The van der Waals surface area contributed by atoms with E-state index in [0.717, 1.165) is 0 Å². The number of nitro groups is 1. The van der Waals surface area contributed by atoms with Crippen LogP contribution < -0.4 is 0 Å². The maximum atomic E-state index is 10.0. The number of rotatable bonds is 1. The zero-order chi connectivity index (χ0) is 6.69. The van der Waals surface area contributed by atoms with Crippen LogP contribution in [0.4, 0.5) is 0 Å². The molecule has 0 radical (unpaired) electrons. The Balaban J connectivity index is 2.84.